The Morgan fingerprint density at radius 1 is 1.11 bits per heavy atom. The van der Waals surface area contributed by atoms with Crippen LogP contribution in [0.25, 0.3) is 0 Å². The van der Waals surface area contributed by atoms with Crippen LogP contribution in [0.5, 0.6) is 5.75 Å². The number of nitrogens with one attached hydrogen (secondary N) is 1. The molecular weight excluding hydrogens is 235 g/mol. The average molecular weight is 249 g/mol. The molecule has 1 aromatic carbocycles. The minimum Gasteiger partial charge on any atom is -0.484 e. The lowest BCUT2D eigenvalue weighted by atomic mass is 9.96. The van der Waals surface area contributed by atoms with Gasteiger partial charge in [-0.05, 0) is 49.9 Å². The van der Waals surface area contributed by atoms with Gasteiger partial charge in [-0.15, -0.1) is 0 Å². The Bertz CT molecular complexity index is 433. The largest absolute Gasteiger partial charge is 0.484 e. The van der Waals surface area contributed by atoms with Crippen LogP contribution in [0.4, 0.5) is 8.78 Å². The van der Waals surface area contributed by atoms with E-state index in [9.17, 15) is 8.78 Å². The Morgan fingerprint density at radius 3 is 2.22 bits per heavy atom. The predicted molar refractivity (Wildman–Crippen MR) is 65.2 cm³/mol. The van der Waals surface area contributed by atoms with Gasteiger partial charge in [-0.2, -0.15) is 0 Å². The molecule has 1 aliphatic carbocycles. The summed E-state index contributed by atoms with van der Waals surface area (Å²) in [4.78, 5) is 0. The molecule has 2 atom stereocenters. The number of hydrogen-bond donors (Lipinski definition) is 1. The third-order valence-electron chi connectivity index (χ3n) is 3.92. The Labute approximate surface area is 106 Å². The fourth-order valence-corrected chi connectivity index (χ4v) is 3.07. The molecule has 0 bridgehead atoms. The summed E-state index contributed by atoms with van der Waals surface area (Å²) in [5.41, 5.74) is 0.0739. The minimum absolute atomic E-state index is 0.0739. The molecule has 2 aliphatic rings. The fraction of sp³-hybridized carbons (Fsp3) is 0.538. The molecule has 0 amide bonds. The molecule has 0 spiro atoms. The monoisotopic (exact) mass is 249 g/mol. The smallest absolute Gasteiger partial charge is 0.190 e. The predicted octanol–water partition coefficient (Wildman–Crippen LogP) is 1.14. The van der Waals surface area contributed by atoms with E-state index in [1.165, 1.54) is 0 Å². The lowest BCUT2D eigenvalue weighted by Gasteiger charge is -2.16. The quantitative estimate of drug-likeness (QED) is 0.793. The highest BCUT2D eigenvalue weighted by molar-refractivity contribution is 6.32. The van der Waals surface area contributed by atoms with E-state index in [1.807, 2.05) is 0 Å². The highest BCUT2D eigenvalue weighted by Gasteiger charge is 2.38. The van der Waals surface area contributed by atoms with Crippen molar-refractivity contribution in [3.8, 4) is 5.75 Å². The molecule has 0 aromatic heterocycles. The van der Waals surface area contributed by atoms with Crippen LogP contribution in [-0.2, 0) is 0 Å². The molecule has 2 fully saturated rings. The van der Waals surface area contributed by atoms with Crippen molar-refractivity contribution < 1.29 is 13.5 Å². The second-order valence-electron chi connectivity index (χ2n) is 5.20. The van der Waals surface area contributed by atoms with Crippen molar-refractivity contribution in [3.05, 3.63) is 23.8 Å². The summed E-state index contributed by atoms with van der Waals surface area (Å²) in [6, 6.07) is 2.19. The van der Waals surface area contributed by atoms with E-state index in [-0.39, 0.29) is 17.3 Å². The number of ether oxygens (including phenoxy) is 1. The van der Waals surface area contributed by atoms with Crippen LogP contribution in [0, 0.1) is 23.5 Å². The van der Waals surface area contributed by atoms with Crippen molar-refractivity contribution in [2.24, 2.45) is 11.8 Å². The summed E-state index contributed by atoms with van der Waals surface area (Å²) < 4.78 is 32.7. The van der Waals surface area contributed by atoms with Gasteiger partial charge in [0.25, 0.3) is 0 Å². The second kappa shape index (κ2) is 4.54. The maximum absolute atomic E-state index is 13.6. The average Bonchev–Trinajstić information content (AvgIpc) is 2.83. The van der Waals surface area contributed by atoms with Gasteiger partial charge in [-0.1, -0.05) is 5.46 Å². The zero-order chi connectivity index (χ0) is 12.7. The van der Waals surface area contributed by atoms with E-state index < -0.39 is 11.6 Å². The third-order valence-corrected chi connectivity index (χ3v) is 3.92. The standard InChI is InChI=1S/C13H14BF2NO/c14-9-3-11(15)13(12(16)4-9)18-10-1-7-5-17-6-8(7)2-10/h3-4,7-8,10,17H,1-2,5-6H2. The molecule has 1 aliphatic heterocycles. The molecule has 2 nitrogen and oxygen atoms in total. The van der Waals surface area contributed by atoms with Crippen molar-refractivity contribution in [3.63, 3.8) is 0 Å². The van der Waals surface area contributed by atoms with Crippen LogP contribution in [0.3, 0.4) is 0 Å². The first-order valence-corrected chi connectivity index (χ1v) is 6.25. The van der Waals surface area contributed by atoms with Crippen molar-refractivity contribution in [2.75, 3.05) is 13.1 Å². The van der Waals surface area contributed by atoms with Gasteiger partial charge >= 0.3 is 0 Å². The van der Waals surface area contributed by atoms with E-state index in [2.05, 4.69) is 5.32 Å². The van der Waals surface area contributed by atoms with Gasteiger partial charge in [0.2, 0.25) is 0 Å². The van der Waals surface area contributed by atoms with Crippen LogP contribution in [0.1, 0.15) is 12.8 Å². The van der Waals surface area contributed by atoms with Gasteiger partial charge < -0.3 is 10.1 Å². The zero-order valence-corrected chi connectivity index (χ0v) is 9.96. The Kier molecular flexibility index (Phi) is 3.02. The molecule has 3 rings (SSSR count). The molecule has 1 aromatic rings. The van der Waals surface area contributed by atoms with Crippen molar-refractivity contribution in [2.45, 2.75) is 18.9 Å². The molecule has 94 valence electrons. The number of hydrogen-bond acceptors (Lipinski definition) is 2. The van der Waals surface area contributed by atoms with E-state index in [4.69, 9.17) is 12.6 Å². The maximum atomic E-state index is 13.6. The zero-order valence-electron chi connectivity index (χ0n) is 9.96. The number of benzene rings is 1. The third kappa shape index (κ3) is 2.12. The van der Waals surface area contributed by atoms with Crippen LogP contribution >= 0.6 is 0 Å². The summed E-state index contributed by atoms with van der Waals surface area (Å²) in [6.07, 6.45) is 1.64. The lowest BCUT2D eigenvalue weighted by Crippen LogP contribution is -2.20. The molecule has 2 radical (unpaired) electrons. The highest BCUT2D eigenvalue weighted by Crippen LogP contribution is 2.37. The van der Waals surface area contributed by atoms with E-state index in [0.29, 0.717) is 11.8 Å². The van der Waals surface area contributed by atoms with E-state index in [0.717, 1.165) is 38.1 Å². The van der Waals surface area contributed by atoms with Gasteiger partial charge in [-0.25, -0.2) is 8.78 Å². The van der Waals surface area contributed by atoms with Gasteiger partial charge in [0, 0.05) is 0 Å². The molecule has 1 saturated carbocycles. The summed E-state index contributed by atoms with van der Waals surface area (Å²) in [6.45, 7) is 1.97. The van der Waals surface area contributed by atoms with E-state index in [1.54, 1.807) is 0 Å². The lowest BCUT2D eigenvalue weighted by molar-refractivity contribution is 0.182. The molecular formula is C13H14BF2NO. The molecule has 2 unspecified atom stereocenters. The summed E-state index contributed by atoms with van der Waals surface area (Å²) in [7, 11) is 5.37. The van der Waals surface area contributed by atoms with Gasteiger partial charge in [0.1, 0.15) is 7.85 Å². The second-order valence-corrected chi connectivity index (χ2v) is 5.20. The van der Waals surface area contributed by atoms with Crippen molar-refractivity contribution >= 4 is 13.3 Å². The Hall–Kier alpha value is -1.10. The van der Waals surface area contributed by atoms with Crippen LogP contribution in [-0.4, -0.2) is 27.0 Å². The number of rotatable bonds is 2. The number of halogens is 2. The fourth-order valence-electron chi connectivity index (χ4n) is 3.07. The van der Waals surface area contributed by atoms with Crippen LogP contribution in [0.15, 0.2) is 12.1 Å². The van der Waals surface area contributed by atoms with Crippen molar-refractivity contribution in [1.82, 2.24) is 5.32 Å². The summed E-state index contributed by atoms with van der Waals surface area (Å²) in [5.74, 6) is -0.572. The van der Waals surface area contributed by atoms with Crippen LogP contribution < -0.4 is 15.5 Å². The first-order valence-electron chi connectivity index (χ1n) is 6.25. The highest BCUT2D eigenvalue weighted by atomic mass is 19.1. The van der Waals surface area contributed by atoms with Gasteiger partial charge in [-0.3, -0.25) is 0 Å². The molecule has 1 heterocycles. The summed E-state index contributed by atoms with van der Waals surface area (Å²) in [5, 5.41) is 3.32. The van der Waals surface area contributed by atoms with Crippen molar-refractivity contribution in [1.29, 1.82) is 0 Å². The first-order chi connectivity index (χ1) is 8.63. The normalized spacial score (nSPS) is 30.4. The molecule has 1 N–H and O–H groups in total. The van der Waals surface area contributed by atoms with Gasteiger partial charge in [0.15, 0.2) is 17.4 Å². The summed E-state index contributed by atoms with van der Waals surface area (Å²) >= 11 is 0. The van der Waals surface area contributed by atoms with Gasteiger partial charge in [0.05, 0.1) is 6.10 Å². The van der Waals surface area contributed by atoms with E-state index >= 15 is 0 Å². The Balaban J connectivity index is 1.74. The Morgan fingerprint density at radius 2 is 1.67 bits per heavy atom. The minimum atomic E-state index is -0.720. The topological polar surface area (TPSA) is 21.3 Å². The van der Waals surface area contributed by atoms with Crippen LogP contribution in [0.2, 0.25) is 0 Å². The molecule has 1 saturated heterocycles. The number of fused-ring (bicyclic) bond motifs is 1. The SMILES string of the molecule is [B]c1cc(F)c(OC2CC3CNCC3C2)c(F)c1. The maximum Gasteiger partial charge on any atom is 0.190 e. The first kappa shape index (κ1) is 12.0. The molecule has 18 heavy (non-hydrogen) atoms. The molecule has 5 heteroatoms.